The van der Waals surface area contributed by atoms with Gasteiger partial charge in [-0.05, 0) is 105 Å². The van der Waals surface area contributed by atoms with Crippen molar-refractivity contribution in [2.75, 3.05) is 0 Å². The van der Waals surface area contributed by atoms with Gasteiger partial charge in [-0.15, -0.1) is 0 Å². The van der Waals surface area contributed by atoms with Gasteiger partial charge < -0.3 is 18.9 Å². The van der Waals surface area contributed by atoms with Gasteiger partial charge in [-0.2, -0.15) is 0 Å². The normalized spacial score (nSPS) is 14.1. The summed E-state index contributed by atoms with van der Waals surface area (Å²) in [6, 6.07) is 84.6. The highest BCUT2D eigenvalue weighted by Gasteiger charge is 2.28. The fraction of sp³-hybridized carbons (Fsp3) is 0.0154. The molecule has 1 N–H and O–H groups in total. The molecule has 332 valence electrons. The third-order valence-electron chi connectivity index (χ3n) is 14.5. The van der Waals surface area contributed by atoms with Gasteiger partial charge in [0, 0.05) is 55.2 Å². The van der Waals surface area contributed by atoms with Crippen LogP contribution in [-0.2, 0) is 0 Å². The van der Waals surface area contributed by atoms with Crippen molar-refractivity contribution in [3.05, 3.63) is 253 Å². The average molecular weight is 908 g/mol. The van der Waals surface area contributed by atoms with Crippen molar-refractivity contribution < 1.29 is 4.42 Å². The van der Waals surface area contributed by atoms with E-state index in [1.807, 2.05) is 6.07 Å². The molecular weight excluding hydrogens is 867 g/mol. The smallest absolute Gasteiger partial charge is 0.160 e. The van der Waals surface area contributed by atoms with Crippen LogP contribution in [-0.4, -0.2) is 20.8 Å². The maximum atomic E-state index is 6.76. The molecule has 0 spiro atoms. The maximum absolute atomic E-state index is 6.76. The first-order valence-corrected chi connectivity index (χ1v) is 24.2. The van der Waals surface area contributed by atoms with Crippen molar-refractivity contribution in [3.63, 3.8) is 0 Å². The van der Waals surface area contributed by atoms with Gasteiger partial charge in [-0.3, -0.25) is 0 Å². The van der Waals surface area contributed by atoms with Gasteiger partial charge in [-0.1, -0.05) is 164 Å². The number of hydrogen-bond acceptors (Lipinski definition) is 4. The maximum Gasteiger partial charge on any atom is 0.160 e. The summed E-state index contributed by atoms with van der Waals surface area (Å²) < 4.78 is 11.5. The molecule has 1 atom stereocenters. The van der Waals surface area contributed by atoms with E-state index in [4.69, 9.17) is 14.4 Å². The van der Waals surface area contributed by atoms with Gasteiger partial charge in [0.25, 0.3) is 0 Å². The molecular formula is C65H41N5O. The quantitative estimate of drug-likeness (QED) is 0.181. The zero-order chi connectivity index (χ0) is 46.6. The fourth-order valence-electron chi connectivity index (χ4n) is 11.2. The summed E-state index contributed by atoms with van der Waals surface area (Å²) >= 11 is 0. The van der Waals surface area contributed by atoms with E-state index in [1.54, 1.807) is 0 Å². The Labute approximate surface area is 407 Å². The minimum absolute atomic E-state index is 0.491. The van der Waals surface area contributed by atoms with Crippen LogP contribution in [0.3, 0.4) is 0 Å². The summed E-state index contributed by atoms with van der Waals surface area (Å²) in [5.41, 5.74) is 13.3. The van der Waals surface area contributed by atoms with Crippen molar-refractivity contribution in [2.45, 2.75) is 6.17 Å². The van der Waals surface area contributed by atoms with Crippen molar-refractivity contribution in [1.82, 2.24) is 14.5 Å². The second kappa shape index (κ2) is 15.5. The first kappa shape index (κ1) is 39.5. The Kier molecular flexibility index (Phi) is 8.62. The van der Waals surface area contributed by atoms with E-state index in [2.05, 4.69) is 245 Å². The molecule has 1 unspecified atom stereocenters. The Morgan fingerprint density at radius 3 is 1.75 bits per heavy atom. The molecule has 4 heterocycles. The van der Waals surface area contributed by atoms with Crippen molar-refractivity contribution >= 4 is 98.8 Å². The predicted molar refractivity (Wildman–Crippen MR) is 295 cm³/mol. The molecule has 0 saturated heterocycles. The average Bonchev–Trinajstić information content (AvgIpc) is 4.08. The lowest BCUT2D eigenvalue weighted by molar-refractivity contribution is 0.668. The third-order valence-corrected chi connectivity index (χ3v) is 14.5. The van der Waals surface area contributed by atoms with E-state index in [0.717, 1.165) is 94.0 Å². The SMILES string of the molecule is c1ccc(-c2cccc(C3N=C(c4cccc5c4c4ccccc4n5-c4ccccc4)N=C(c4cc5c(cc4-n4c6cc7ccccc7cc6c6cc7ccccc7cc64)oc4ccccc45)N3)c2)cc1. The molecule has 1 aliphatic rings. The number of aliphatic imine (C=N–C) groups is 2. The molecule has 71 heavy (non-hydrogen) atoms. The molecule has 15 rings (SSSR count). The number of furan rings is 1. The van der Waals surface area contributed by atoms with Crippen LogP contribution < -0.4 is 5.32 Å². The van der Waals surface area contributed by atoms with Gasteiger partial charge in [0.2, 0.25) is 0 Å². The number of para-hydroxylation sites is 3. The second-order valence-corrected chi connectivity index (χ2v) is 18.6. The monoisotopic (exact) mass is 907 g/mol. The molecule has 14 aromatic rings. The van der Waals surface area contributed by atoms with Crippen LogP contribution in [0.25, 0.3) is 110 Å². The summed E-state index contributed by atoms with van der Waals surface area (Å²) in [4.78, 5) is 11.3. The number of fused-ring (bicyclic) bond motifs is 11. The van der Waals surface area contributed by atoms with Gasteiger partial charge in [-0.25, -0.2) is 9.98 Å². The van der Waals surface area contributed by atoms with E-state index in [-0.39, 0.29) is 0 Å². The number of rotatable bonds is 6. The lowest BCUT2D eigenvalue weighted by Crippen LogP contribution is -2.34. The number of nitrogens with one attached hydrogen (secondary N) is 1. The Bertz CT molecular complexity index is 4460. The lowest BCUT2D eigenvalue weighted by Gasteiger charge is -2.26. The van der Waals surface area contributed by atoms with Crippen LogP contribution in [0.4, 0.5) is 0 Å². The third kappa shape index (κ3) is 6.21. The van der Waals surface area contributed by atoms with E-state index in [1.165, 1.54) is 32.3 Å². The molecule has 6 heteroatoms. The molecule has 11 aromatic carbocycles. The van der Waals surface area contributed by atoms with Gasteiger partial charge >= 0.3 is 0 Å². The molecule has 3 aromatic heterocycles. The van der Waals surface area contributed by atoms with Crippen LogP contribution in [0.15, 0.2) is 251 Å². The van der Waals surface area contributed by atoms with E-state index >= 15 is 0 Å². The van der Waals surface area contributed by atoms with Crippen molar-refractivity contribution in [1.29, 1.82) is 0 Å². The molecule has 0 bridgehead atoms. The molecule has 0 radical (unpaired) electrons. The van der Waals surface area contributed by atoms with Crippen molar-refractivity contribution in [3.8, 4) is 22.5 Å². The molecule has 0 saturated carbocycles. The minimum atomic E-state index is -0.491. The zero-order valence-electron chi connectivity index (χ0n) is 38.3. The molecule has 0 aliphatic carbocycles. The van der Waals surface area contributed by atoms with Gasteiger partial charge in [0.15, 0.2) is 5.84 Å². The molecule has 1 aliphatic heterocycles. The first-order chi connectivity index (χ1) is 35.2. The summed E-state index contributed by atoms with van der Waals surface area (Å²) in [7, 11) is 0. The molecule has 6 nitrogen and oxygen atoms in total. The second-order valence-electron chi connectivity index (χ2n) is 18.6. The topological polar surface area (TPSA) is 59.8 Å². The Hall–Kier alpha value is -9.52. The molecule has 0 amide bonds. The Balaban J connectivity index is 1.04. The number of nitrogens with zero attached hydrogens (tertiary/aromatic N) is 4. The van der Waals surface area contributed by atoms with Crippen LogP contribution in [0.5, 0.6) is 0 Å². The standard InChI is InChI=1S/C65H41N5O/c1-3-17-40(18-4-1)41-23-15-24-46(33-41)63-66-64(50-29-16-31-56-62(50)49-28-11-13-30-55(49)69(56)47-25-5-2-6-26-47)68-65(67-63)54-38-53-48-27-12-14-32-60(48)71-61(53)39-59(54)70-57-36-44-21-9-7-19-42(44)34-51(57)52-35-43-20-8-10-22-45(43)37-58(52)70/h1-39,63H,(H,66,67,68). The van der Waals surface area contributed by atoms with Crippen LogP contribution >= 0.6 is 0 Å². The summed E-state index contributed by atoms with van der Waals surface area (Å²) in [6.07, 6.45) is -0.491. The largest absolute Gasteiger partial charge is 0.456 e. The summed E-state index contributed by atoms with van der Waals surface area (Å²) in [5.74, 6) is 1.37. The predicted octanol–water partition coefficient (Wildman–Crippen LogP) is 16.2. The highest BCUT2D eigenvalue weighted by Crippen LogP contribution is 2.42. The van der Waals surface area contributed by atoms with Crippen LogP contribution in [0, 0.1) is 0 Å². The van der Waals surface area contributed by atoms with Crippen molar-refractivity contribution in [2.24, 2.45) is 9.98 Å². The Morgan fingerprint density at radius 2 is 1.00 bits per heavy atom. The summed E-state index contributed by atoms with van der Waals surface area (Å²) in [5, 5.41) is 15.3. The highest BCUT2D eigenvalue weighted by atomic mass is 16.3. The minimum Gasteiger partial charge on any atom is -0.456 e. The molecule has 0 fully saturated rings. The summed E-state index contributed by atoms with van der Waals surface area (Å²) in [6.45, 7) is 0. The fourth-order valence-corrected chi connectivity index (χ4v) is 11.2. The van der Waals surface area contributed by atoms with Gasteiger partial charge in [0.05, 0.1) is 27.8 Å². The van der Waals surface area contributed by atoms with Crippen LogP contribution in [0.2, 0.25) is 0 Å². The Morgan fingerprint density at radius 1 is 0.394 bits per heavy atom. The van der Waals surface area contributed by atoms with Crippen LogP contribution in [0.1, 0.15) is 22.9 Å². The lowest BCUT2D eigenvalue weighted by atomic mass is 10.0. The van der Waals surface area contributed by atoms with E-state index in [9.17, 15) is 0 Å². The number of amidine groups is 2. The highest BCUT2D eigenvalue weighted by molar-refractivity contribution is 6.25. The number of aromatic nitrogens is 2. The van der Waals surface area contributed by atoms with Gasteiger partial charge in [0.1, 0.15) is 23.2 Å². The zero-order valence-corrected chi connectivity index (χ0v) is 38.3. The first-order valence-electron chi connectivity index (χ1n) is 24.2. The van der Waals surface area contributed by atoms with E-state index < -0.39 is 6.17 Å². The number of hydrogen-bond donors (Lipinski definition) is 1. The number of benzene rings is 11. The van der Waals surface area contributed by atoms with E-state index in [0.29, 0.717) is 11.7 Å².